The van der Waals surface area contributed by atoms with Gasteiger partial charge in [0.25, 0.3) is 5.91 Å². The average Bonchev–Trinajstić information content (AvgIpc) is 2.27. The van der Waals surface area contributed by atoms with Crippen LogP contribution in [-0.2, 0) is 0 Å². The Balaban J connectivity index is 2.53. The third-order valence-electron chi connectivity index (χ3n) is 2.41. The zero-order chi connectivity index (χ0) is 12.9. The molecule has 0 spiro atoms. The molecule has 1 unspecified atom stereocenters. The van der Waals surface area contributed by atoms with E-state index in [2.05, 4.69) is 26.2 Å². The second-order valence-electron chi connectivity index (χ2n) is 4.30. The van der Waals surface area contributed by atoms with Crippen molar-refractivity contribution < 1.29 is 9.90 Å². The number of aliphatic hydroxyl groups is 1. The van der Waals surface area contributed by atoms with Crippen LogP contribution in [0, 0.1) is 0 Å². The molecule has 94 valence electrons. The van der Waals surface area contributed by atoms with Gasteiger partial charge in [-0.15, -0.1) is 0 Å². The van der Waals surface area contributed by atoms with Crippen LogP contribution in [0.5, 0.6) is 0 Å². The fourth-order valence-electron chi connectivity index (χ4n) is 1.51. The maximum atomic E-state index is 11.7. The Morgan fingerprint density at radius 2 is 2.29 bits per heavy atom. The van der Waals surface area contributed by atoms with Gasteiger partial charge in [0.1, 0.15) is 4.60 Å². The maximum absolute atomic E-state index is 11.7. The Labute approximate surface area is 110 Å². The van der Waals surface area contributed by atoms with Gasteiger partial charge in [0.05, 0.1) is 11.2 Å². The zero-order valence-corrected chi connectivity index (χ0v) is 11.6. The number of halogens is 1. The van der Waals surface area contributed by atoms with Gasteiger partial charge in [-0.25, -0.2) is 4.98 Å². The highest BCUT2D eigenvalue weighted by Gasteiger charge is 2.20. The van der Waals surface area contributed by atoms with Gasteiger partial charge in [-0.2, -0.15) is 0 Å². The summed E-state index contributed by atoms with van der Waals surface area (Å²) in [5.41, 5.74) is -0.367. The standard InChI is InChI=1S/C12H17BrN2O2/c1-3-6-12(2,17)8-15-11(16)9-4-5-10(13)14-7-9/h4-5,7,17H,3,6,8H2,1-2H3,(H,15,16). The number of rotatable bonds is 5. The molecule has 0 aliphatic heterocycles. The fraction of sp³-hybridized carbons (Fsp3) is 0.500. The van der Waals surface area contributed by atoms with Gasteiger partial charge < -0.3 is 10.4 Å². The molecule has 0 bridgehead atoms. The summed E-state index contributed by atoms with van der Waals surface area (Å²) in [6.45, 7) is 3.96. The number of amides is 1. The Morgan fingerprint density at radius 1 is 1.59 bits per heavy atom. The number of nitrogens with zero attached hydrogens (tertiary/aromatic N) is 1. The van der Waals surface area contributed by atoms with E-state index in [-0.39, 0.29) is 12.5 Å². The molecule has 0 aromatic carbocycles. The molecule has 1 heterocycles. The lowest BCUT2D eigenvalue weighted by molar-refractivity contribution is 0.0469. The number of carbonyl (C=O) groups is 1. The quantitative estimate of drug-likeness (QED) is 0.819. The number of nitrogens with one attached hydrogen (secondary N) is 1. The highest BCUT2D eigenvalue weighted by molar-refractivity contribution is 9.10. The monoisotopic (exact) mass is 300 g/mol. The van der Waals surface area contributed by atoms with Crippen molar-refractivity contribution in [3.63, 3.8) is 0 Å². The van der Waals surface area contributed by atoms with Gasteiger partial charge >= 0.3 is 0 Å². The first kappa shape index (κ1) is 14.1. The second kappa shape index (κ2) is 6.12. The van der Waals surface area contributed by atoms with E-state index in [1.807, 2.05) is 6.92 Å². The van der Waals surface area contributed by atoms with E-state index >= 15 is 0 Å². The van der Waals surface area contributed by atoms with Gasteiger partial charge in [0.2, 0.25) is 0 Å². The van der Waals surface area contributed by atoms with Crippen molar-refractivity contribution in [2.24, 2.45) is 0 Å². The normalized spacial score (nSPS) is 14.1. The third-order valence-corrected chi connectivity index (χ3v) is 2.88. The van der Waals surface area contributed by atoms with E-state index in [1.165, 1.54) is 6.20 Å². The van der Waals surface area contributed by atoms with Gasteiger partial charge in [0, 0.05) is 12.7 Å². The van der Waals surface area contributed by atoms with Crippen LogP contribution in [0.2, 0.25) is 0 Å². The molecule has 0 aliphatic rings. The van der Waals surface area contributed by atoms with E-state index < -0.39 is 5.60 Å². The highest BCUT2D eigenvalue weighted by atomic mass is 79.9. The lowest BCUT2D eigenvalue weighted by Gasteiger charge is -2.22. The topological polar surface area (TPSA) is 62.2 Å². The van der Waals surface area contributed by atoms with Gasteiger partial charge in [-0.3, -0.25) is 4.79 Å². The number of aromatic nitrogens is 1. The largest absolute Gasteiger partial charge is 0.388 e. The van der Waals surface area contributed by atoms with Crippen LogP contribution >= 0.6 is 15.9 Å². The third kappa shape index (κ3) is 4.83. The highest BCUT2D eigenvalue weighted by Crippen LogP contribution is 2.11. The van der Waals surface area contributed by atoms with Crippen LogP contribution < -0.4 is 5.32 Å². The minimum Gasteiger partial charge on any atom is -0.388 e. The average molecular weight is 301 g/mol. The summed E-state index contributed by atoms with van der Waals surface area (Å²) < 4.78 is 0.687. The number of carbonyl (C=O) groups excluding carboxylic acids is 1. The number of hydrogen-bond donors (Lipinski definition) is 2. The van der Waals surface area contributed by atoms with E-state index in [9.17, 15) is 9.90 Å². The molecule has 1 aromatic heterocycles. The Hall–Kier alpha value is -0.940. The molecule has 0 radical (unpaired) electrons. The van der Waals surface area contributed by atoms with Crippen molar-refractivity contribution >= 4 is 21.8 Å². The van der Waals surface area contributed by atoms with Crippen LogP contribution in [0.4, 0.5) is 0 Å². The van der Waals surface area contributed by atoms with Crippen molar-refractivity contribution in [3.8, 4) is 0 Å². The molecular weight excluding hydrogens is 284 g/mol. The molecule has 4 nitrogen and oxygen atoms in total. The molecule has 1 atom stereocenters. The van der Waals surface area contributed by atoms with Crippen LogP contribution in [0.1, 0.15) is 37.0 Å². The first-order chi connectivity index (χ1) is 7.94. The summed E-state index contributed by atoms with van der Waals surface area (Å²) in [6.07, 6.45) is 3.03. The lowest BCUT2D eigenvalue weighted by atomic mass is 10.0. The molecule has 0 saturated heterocycles. The Morgan fingerprint density at radius 3 is 2.82 bits per heavy atom. The molecule has 0 aliphatic carbocycles. The SMILES string of the molecule is CCCC(C)(O)CNC(=O)c1ccc(Br)nc1. The van der Waals surface area contributed by atoms with Crippen molar-refractivity contribution in [2.75, 3.05) is 6.54 Å². The molecule has 1 aromatic rings. The van der Waals surface area contributed by atoms with Crippen molar-refractivity contribution in [2.45, 2.75) is 32.3 Å². The molecule has 1 amide bonds. The molecule has 0 saturated carbocycles. The first-order valence-electron chi connectivity index (χ1n) is 5.57. The fourth-order valence-corrected chi connectivity index (χ4v) is 1.74. The van der Waals surface area contributed by atoms with Crippen LogP contribution in [0.3, 0.4) is 0 Å². The van der Waals surface area contributed by atoms with Crippen molar-refractivity contribution in [3.05, 3.63) is 28.5 Å². The van der Waals surface area contributed by atoms with Gasteiger partial charge in [-0.1, -0.05) is 13.3 Å². The van der Waals surface area contributed by atoms with Crippen molar-refractivity contribution in [1.82, 2.24) is 10.3 Å². The molecule has 1 rings (SSSR count). The number of pyridine rings is 1. The molecule has 5 heteroatoms. The van der Waals surface area contributed by atoms with Gasteiger partial charge in [0.15, 0.2) is 0 Å². The van der Waals surface area contributed by atoms with Gasteiger partial charge in [-0.05, 0) is 41.4 Å². The molecular formula is C12H17BrN2O2. The number of hydrogen-bond acceptors (Lipinski definition) is 3. The van der Waals surface area contributed by atoms with E-state index in [1.54, 1.807) is 19.1 Å². The maximum Gasteiger partial charge on any atom is 0.252 e. The molecule has 0 fully saturated rings. The molecule has 17 heavy (non-hydrogen) atoms. The van der Waals surface area contributed by atoms with Crippen LogP contribution in [0.15, 0.2) is 22.9 Å². The van der Waals surface area contributed by atoms with E-state index in [0.717, 1.165) is 6.42 Å². The Kier molecular flexibility index (Phi) is 5.08. The van der Waals surface area contributed by atoms with E-state index in [4.69, 9.17) is 0 Å². The Bertz CT molecular complexity index is 377. The minimum atomic E-state index is -0.854. The predicted molar refractivity (Wildman–Crippen MR) is 69.8 cm³/mol. The van der Waals surface area contributed by atoms with E-state index in [0.29, 0.717) is 16.6 Å². The summed E-state index contributed by atoms with van der Waals surface area (Å²) in [5, 5.41) is 12.6. The summed E-state index contributed by atoms with van der Waals surface area (Å²) >= 11 is 3.20. The lowest BCUT2D eigenvalue weighted by Crippen LogP contribution is -2.40. The summed E-state index contributed by atoms with van der Waals surface area (Å²) in [7, 11) is 0. The van der Waals surface area contributed by atoms with Crippen LogP contribution in [0.25, 0.3) is 0 Å². The minimum absolute atomic E-state index is 0.221. The predicted octanol–water partition coefficient (Wildman–Crippen LogP) is 2.12. The van der Waals surface area contributed by atoms with Crippen molar-refractivity contribution in [1.29, 1.82) is 0 Å². The summed E-state index contributed by atoms with van der Waals surface area (Å²) in [4.78, 5) is 15.7. The second-order valence-corrected chi connectivity index (χ2v) is 5.11. The van der Waals surface area contributed by atoms with Crippen LogP contribution in [-0.4, -0.2) is 28.1 Å². The first-order valence-corrected chi connectivity index (χ1v) is 6.36. The smallest absolute Gasteiger partial charge is 0.252 e. The summed E-state index contributed by atoms with van der Waals surface area (Å²) in [6, 6.07) is 3.39. The zero-order valence-electron chi connectivity index (χ0n) is 10.0. The molecule has 2 N–H and O–H groups in total. The summed E-state index contributed by atoms with van der Waals surface area (Å²) in [5.74, 6) is -0.221.